The summed E-state index contributed by atoms with van der Waals surface area (Å²) in [5.74, 6) is -10.2. The zero-order valence-electron chi connectivity index (χ0n) is 11.4. The van der Waals surface area contributed by atoms with Crippen molar-refractivity contribution in [1.82, 2.24) is 0 Å². The molecule has 0 heterocycles. The van der Waals surface area contributed by atoms with Gasteiger partial charge in [-0.3, -0.25) is 0 Å². The molecule has 0 aromatic heterocycles. The summed E-state index contributed by atoms with van der Waals surface area (Å²) in [6.07, 6.45) is -0.762. The van der Waals surface area contributed by atoms with Crippen LogP contribution >= 0.6 is 29.3 Å². The average Bonchev–Trinajstić information content (AvgIpc) is 2.47. The van der Waals surface area contributed by atoms with Crippen LogP contribution in [0.3, 0.4) is 0 Å². The Morgan fingerprint density at radius 1 is 1.04 bits per heavy atom. The second-order valence-electron chi connectivity index (χ2n) is 3.95. The smallest absolute Gasteiger partial charge is 0.222 e. The SMILES string of the molecule is C=CCOCC(O)Cc1c(F)c(F)c(F)c(F)c1F.OP(Cl)Cl. The summed E-state index contributed by atoms with van der Waals surface area (Å²) in [5.41, 5.74) is -1.06. The molecule has 3 nitrogen and oxygen atoms in total. The van der Waals surface area contributed by atoms with Gasteiger partial charge in [-0.05, 0) is 22.5 Å². The van der Waals surface area contributed by atoms with E-state index in [9.17, 15) is 27.1 Å². The number of halogens is 7. The molecule has 2 N–H and O–H groups in total. The van der Waals surface area contributed by atoms with Crippen LogP contribution in [0.4, 0.5) is 22.0 Å². The van der Waals surface area contributed by atoms with Crippen LogP contribution in [0, 0.1) is 29.1 Å². The predicted octanol–water partition coefficient (Wildman–Crippen LogP) is 4.17. The van der Waals surface area contributed by atoms with E-state index in [1.165, 1.54) is 6.08 Å². The summed E-state index contributed by atoms with van der Waals surface area (Å²) < 4.78 is 69.8. The molecule has 0 aliphatic carbocycles. The Morgan fingerprint density at radius 2 is 1.43 bits per heavy atom. The van der Waals surface area contributed by atoms with Crippen molar-refractivity contribution < 1.29 is 36.7 Å². The Hall–Kier alpha value is -0.500. The van der Waals surface area contributed by atoms with E-state index in [4.69, 9.17) is 9.63 Å². The molecule has 0 saturated heterocycles. The molecule has 23 heavy (non-hydrogen) atoms. The molecule has 1 atom stereocenters. The fourth-order valence-corrected chi connectivity index (χ4v) is 1.41. The van der Waals surface area contributed by atoms with Crippen LogP contribution in [0.1, 0.15) is 5.56 Å². The van der Waals surface area contributed by atoms with E-state index in [2.05, 4.69) is 29.1 Å². The summed E-state index contributed by atoms with van der Waals surface area (Å²) in [5, 5.41) is 9.40. The second kappa shape index (κ2) is 11.1. The fraction of sp³-hybridized carbons (Fsp3) is 0.333. The minimum Gasteiger partial charge on any atom is -0.390 e. The molecule has 132 valence electrons. The summed E-state index contributed by atoms with van der Waals surface area (Å²) in [4.78, 5) is 7.65. The Labute approximate surface area is 139 Å². The average molecular weight is 401 g/mol. The minimum absolute atomic E-state index is 0.0914. The van der Waals surface area contributed by atoms with E-state index < -0.39 is 54.0 Å². The normalized spacial score (nSPS) is 11.9. The van der Waals surface area contributed by atoms with Crippen LogP contribution in [-0.4, -0.2) is 29.3 Å². The molecular weight excluding hydrogens is 389 g/mol. The Balaban J connectivity index is 0.00000108. The first kappa shape index (κ1) is 22.5. The quantitative estimate of drug-likeness (QED) is 0.188. The van der Waals surface area contributed by atoms with E-state index in [1.54, 1.807) is 0 Å². The number of benzene rings is 1. The van der Waals surface area contributed by atoms with Gasteiger partial charge < -0.3 is 14.7 Å². The first-order valence-corrected chi connectivity index (χ1v) is 8.91. The molecule has 1 unspecified atom stereocenters. The molecular formula is C12H12Cl2F5O3P. The van der Waals surface area contributed by atoms with Gasteiger partial charge in [0, 0.05) is 12.0 Å². The van der Waals surface area contributed by atoms with Crippen molar-refractivity contribution in [3.63, 3.8) is 0 Å². The zero-order valence-corrected chi connectivity index (χ0v) is 13.8. The van der Waals surface area contributed by atoms with Gasteiger partial charge in [-0.1, -0.05) is 6.08 Å². The first-order chi connectivity index (χ1) is 10.6. The molecule has 0 aliphatic heterocycles. The lowest BCUT2D eigenvalue weighted by Crippen LogP contribution is -2.21. The summed E-state index contributed by atoms with van der Waals surface area (Å²) in [6, 6.07) is 0. The Bertz CT molecular complexity index is 502. The van der Waals surface area contributed by atoms with Crippen molar-refractivity contribution in [2.24, 2.45) is 0 Å². The third-order valence-electron chi connectivity index (χ3n) is 2.29. The maximum Gasteiger partial charge on any atom is 0.222 e. The number of aliphatic hydroxyl groups excluding tert-OH is 1. The van der Waals surface area contributed by atoms with Crippen LogP contribution in [0.25, 0.3) is 0 Å². The molecule has 1 aromatic rings. The van der Waals surface area contributed by atoms with E-state index >= 15 is 0 Å². The summed E-state index contributed by atoms with van der Waals surface area (Å²) in [6.45, 7) is 1.44. The first-order valence-electron chi connectivity index (χ1n) is 5.81. The third-order valence-corrected chi connectivity index (χ3v) is 2.29. The minimum atomic E-state index is -2.23. The lowest BCUT2D eigenvalue weighted by molar-refractivity contribution is 0.0485. The highest BCUT2D eigenvalue weighted by molar-refractivity contribution is 7.99. The molecule has 0 bridgehead atoms. The molecule has 0 aliphatic rings. The fourth-order valence-electron chi connectivity index (χ4n) is 1.41. The monoisotopic (exact) mass is 400 g/mol. The standard InChI is InChI=1S/C12H11F5O2.Cl2HOP/c1-2-3-19-5-6(18)4-7-8(13)10(15)12(17)11(16)9(7)14;1-4(2)3/h2,6,18H,1,3-5H2;3H. The zero-order chi connectivity index (χ0) is 18.2. The maximum atomic E-state index is 13.3. The van der Waals surface area contributed by atoms with Gasteiger partial charge in [0.1, 0.15) is 0 Å². The summed E-state index contributed by atoms with van der Waals surface area (Å²) in [7, 11) is 0. The molecule has 0 amide bonds. The molecule has 0 fully saturated rings. The lowest BCUT2D eigenvalue weighted by Gasteiger charge is -2.13. The van der Waals surface area contributed by atoms with Crippen LogP contribution in [0.15, 0.2) is 12.7 Å². The van der Waals surface area contributed by atoms with Crippen molar-refractivity contribution in [1.29, 1.82) is 0 Å². The van der Waals surface area contributed by atoms with Gasteiger partial charge >= 0.3 is 0 Å². The van der Waals surface area contributed by atoms with Crippen LogP contribution in [0.2, 0.25) is 0 Å². The molecule has 0 spiro atoms. The van der Waals surface area contributed by atoms with Gasteiger partial charge in [-0.15, -0.1) is 6.58 Å². The second-order valence-corrected chi connectivity index (χ2v) is 6.82. The van der Waals surface area contributed by atoms with Crippen molar-refractivity contribution in [3.8, 4) is 0 Å². The van der Waals surface area contributed by atoms with Crippen LogP contribution < -0.4 is 0 Å². The van der Waals surface area contributed by atoms with Gasteiger partial charge in [0.25, 0.3) is 0 Å². The largest absolute Gasteiger partial charge is 0.390 e. The van der Waals surface area contributed by atoms with Crippen molar-refractivity contribution in [2.45, 2.75) is 12.5 Å². The van der Waals surface area contributed by atoms with Crippen LogP contribution in [0.5, 0.6) is 0 Å². The molecule has 1 aromatic carbocycles. The van der Waals surface area contributed by atoms with Gasteiger partial charge in [-0.2, -0.15) is 0 Å². The lowest BCUT2D eigenvalue weighted by atomic mass is 10.1. The number of hydrogen-bond acceptors (Lipinski definition) is 3. The van der Waals surface area contributed by atoms with Gasteiger partial charge in [0.05, 0.1) is 19.3 Å². The number of hydrogen-bond donors (Lipinski definition) is 2. The van der Waals surface area contributed by atoms with Crippen molar-refractivity contribution >= 4 is 29.3 Å². The third kappa shape index (κ3) is 7.74. The molecule has 0 saturated carbocycles. The van der Waals surface area contributed by atoms with E-state index in [0.717, 1.165) is 0 Å². The summed E-state index contributed by atoms with van der Waals surface area (Å²) >= 11 is 9.32. The highest BCUT2D eigenvalue weighted by atomic mass is 35.9. The van der Waals surface area contributed by atoms with E-state index in [-0.39, 0.29) is 13.2 Å². The van der Waals surface area contributed by atoms with Gasteiger partial charge in [-0.25, -0.2) is 22.0 Å². The number of rotatable bonds is 6. The highest BCUT2D eigenvalue weighted by Gasteiger charge is 2.26. The Kier molecular flexibility index (Phi) is 10.9. The number of ether oxygens (including phenoxy) is 1. The highest BCUT2D eigenvalue weighted by Crippen LogP contribution is 2.40. The molecule has 11 heteroatoms. The molecule has 1 rings (SSSR count). The number of aliphatic hydroxyl groups is 1. The maximum absolute atomic E-state index is 13.3. The predicted molar refractivity (Wildman–Crippen MR) is 77.8 cm³/mol. The van der Waals surface area contributed by atoms with E-state index in [0.29, 0.717) is 0 Å². The van der Waals surface area contributed by atoms with Crippen molar-refractivity contribution in [2.75, 3.05) is 13.2 Å². The van der Waals surface area contributed by atoms with Gasteiger partial charge in [0.2, 0.25) is 12.7 Å². The Morgan fingerprint density at radius 3 is 1.83 bits per heavy atom. The van der Waals surface area contributed by atoms with E-state index in [1.807, 2.05) is 0 Å². The topological polar surface area (TPSA) is 49.7 Å². The van der Waals surface area contributed by atoms with Crippen molar-refractivity contribution in [3.05, 3.63) is 47.3 Å². The van der Waals surface area contributed by atoms with Crippen LogP contribution in [-0.2, 0) is 11.2 Å². The molecule has 0 radical (unpaired) electrons. The van der Waals surface area contributed by atoms with Gasteiger partial charge in [0.15, 0.2) is 23.3 Å².